The van der Waals surface area contributed by atoms with Gasteiger partial charge in [0.05, 0.1) is 20.1 Å². The number of benzene rings is 2. The first-order chi connectivity index (χ1) is 9.00. The molecule has 2 aromatic carbocycles. The lowest BCUT2D eigenvalue weighted by Crippen LogP contribution is -2.06. The van der Waals surface area contributed by atoms with Gasteiger partial charge in [-0.15, -0.1) is 0 Å². The maximum Gasteiger partial charge on any atom is 0.170 e. The monoisotopic (exact) mass is 360 g/mol. The van der Waals surface area contributed by atoms with Crippen LogP contribution in [0.4, 0.5) is 4.39 Å². The minimum atomic E-state index is -0.407. The zero-order valence-corrected chi connectivity index (χ0v) is 12.7. The summed E-state index contributed by atoms with van der Waals surface area (Å²) in [6.45, 7) is 0. The lowest BCUT2D eigenvalue weighted by Gasteiger charge is -2.07. The quantitative estimate of drug-likeness (QED) is 0.676. The Morgan fingerprint density at radius 3 is 2.32 bits per heavy atom. The van der Waals surface area contributed by atoms with Gasteiger partial charge in [-0.1, -0.05) is 41.4 Å². The first kappa shape index (κ1) is 14.5. The summed E-state index contributed by atoms with van der Waals surface area (Å²) in [4.78, 5) is 12.2. The topological polar surface area (TPSA) is 17.1 Å². The van der Waals surface area contributed by atoms with Crippen molar-refractivity contribution in [3.8, 4) is 0 Å². The lowest BCUT2D eigenvalue weighted by atomic mass is 10.0. The highest BCUT2D eigenvalue weighted by atomic mass is 79.9. The van der Waals surface area contributed by atoms with Crippen LogP contribution in [0.15, 0.2) is 40.9 Å². The van der Waals surface area contributed by atoms with E-state index in [2.05, 4.69) is 15.9 Å². The molecule has 0 unspecified atom stereocenters. The standard InChI is InChI=1S/C14H8BrCl2FO/c15-14-8(3-1-6-11(14)18)7-12(19)13-9(16)4-2-5-10(13)17/h1-6H,7H2. The number of rotatable bonds is 3. The van der Waals surface area contributed by atoms with Gasteiger partial charge >= 0.3 is 0 Å². The molecule has 0 aliphatic carbocycles. The van der Waals surface area contributed by atoms with Crippen LogP contribution in [0.3, 0.4) is 0 Å². The fourth-order valence-electron chi connectivity index (χ4n) is 1.71. The van der Waals surface area contributed by atoms with Crippen LogP contribution in [-0.2, 0) is 6.42 Å². The van der Waals surface area contributed by atoms with Crippen LogP contribution in [0, 0.1) is 5.82 Å². The van der Waals surface area contributed by atoms with E-state index in [1.807, 2.05) is 0 Å². The minimum Gasteiger partial charge on any atom is -0.294 e. The molecule has 5 heteroatoms. The zero-order valence-electron chi connectivity index (χ0n) is 9.59. The maximum atomic E-state index is 13.4. The molecule has 2 rings (SSSR count). The van der Waals surface area contributed by atoms with Crippen molar-refractivity contribution in [1.29, 1.82) is 0 Å². The second-order valence-corrected chi connectivity index (χ2v) is 5.52. The molecule has 0 radical (unpaired) electrons. The normalized spacial score (nSPS) is 10.5. The summed E-state index contributed by atoms with van der Waals surface area (Å²) in [7, 11) is 0. The molecule has 0 spiro atoms. The van der Waals surface area contributed by atoms with Crippen LogP contribution in [-0.4, -0.2) is 5.78 Å². The largest absolute Gasteiger partial charge is 0.294 e. The Morgan fingerprint density at radius 1 is 1.11 bits per heavy atom. The number of carbonyl (C=O) groups is 1. The van der Waals surface area contributed by atoms with Crippen LogP contribution in [0.1, 0.15) is 15.9 Å². The summed E-state index contributed by atoms with van der Waals surface area (Å²) in [5.41, 5.74) is 0.822. The van der Waals surface area contributed by atoms with Crippen molar-refractivity contribution in [2.45, 2.75) is 6.42 Å². The van der Waals surface area contributed by atoms with Gasteiger partial charge in [-0.2, -0.15) is 0 Å². The third kappa shape index (κ3) is 3.16. The Kier molecular flexibility index (Phi) is 4.61. The molecule has 98 valence electrons. The molecule has 1 nitrogen and oxygen atoms in total. The Bertz CT molecular complexity index is 623. The van der Waals surface area contributed by atoms with Crippen LogP contribution in [0.2, 0.25) is 10.0 Å². The molecule has 0 saturated heterocycles. The molecule has 0 aliphatic heterocycles. The van der Waals surface area contributed by atoms with Crippen molar-refractivity contribution < 1.29 is 9.18 Å². The second kappa shape index (κ2) is 6.04. The molecule has 0 aromatic heterocycles. The molecule has 0 amide bonds. The number of hydrogen-bond acceptors (Lipinski definition) is 1. The third-order valence-corrected chi connectivity index (χ3v) is 4.14. The van der Waals surface area contributed by atoms with Crippen molar-refractivity contribution in [1.82, 2.24) is 0 Å². The Labute approximate surface area is 128 Å². The van der Waals surface area contributed by atoms with E-state index in [9.17, 15) is 9.18 Å². The zero-order chi connectivity index (χ0) is 14.0. The number of halogens is 4. The van der Waals surface area contributed by atoms with Crippen molar-refractivity contribution in [3.05, 3.63) is 67.9 Å². The molecule has 19 heavy (non-hydrogen) atoms. The van der Waals surface area contributed by atoms with E-state index in [0.29, 0.717) is 15.6 Å². The molecular formula is C14H8BrCl2FO. The lowest BCUT2D eigenvalue weighted by molar-refractivity contribution is 0.0993. The fourth-order valence-corrected chi connectivity index (χ4v) is 2.72. The van der Waals surface area contributed by atoms with E-state index in [4.69, 9.17) is 23.2 Å². The summed E-state index contributed by atoms with van der Waals surface area (Å²) in [6.07, 6.45) is 0.0296. The SMILES string of the molecule is O=C(Cc1cccc(F)c1Br)c1c(Cl)cccc1Cl. The van der Waals surface area contributed by atoms with E-state index in [1.165, 1.54) is 6.07 Å². The summed E-state index contributed by atoms with van der Waals surface area (Å²) >= 11 is 15.1. The highest BCUT2D eigenvalue weighted by molar-refractivity contribution is 9.10. The molecular weight excluding hydrogens is 354 g/mol. The Balaban J connectivity index is 2.34. The van der Waals surface area contributed by atoms with Gasteiger partial charge < -0.3 is 0 Å². The van der Waals surface area contributed by atoms with Crippen molar-refractivity contribution in [2.75, 3.05) is 0 Å². The van der Waals surface area contributed by atoms with E-state index < -0.39 is 5.82 Å². The average molecular weight is 362 g/mol. The van der Waals surface area contributed by atoms with E-state index in [-0.39, 0.29) is 22.2 Å². The van der Waals surface area contributed by atoms with Gasteiger partial charge in [-0.3, -0.25) is 4.79 Å². The number of Topliss-reactive ketones (excluding diaryl/α,β-unsaturated/α-hetero) is 1. The summed E-state index contributed by atoms with van der Waals surface area (Å²) in [5, 5.41) is 0.593. The molecule has 0 bridgehead atoms. The highest BCUT2D eigenvalue weighted by Gasteiger charge is 2.17. The predicted molar refractivity (Wildman–Crippen MR) is 78.6 cm³/mol. The van der Waals surface area contributed by atoms with E-state index in [1.54, 1.807) is 30.3 Å². The summed E-state index contributed by atoms with van der Waals surface area (Å²) in [6, 6.07) is 9.41. The molecule has 0 heterocycles. The first-order valence-corrected chi connectivity index (χ1v) is 6.95. The molecule has 2 aromatic rings. The molecule has 0 aliphatic rings. The Hall–Kier alpha value is -0.900. The van der Waals surface area contributed by atoms with Crippen molar-refractivity contribution >= 4 is 44.9 Å². The van der Waals surface area contributed by atoms with Gasteiger partial charge in [0.25, 0.3) is 0 Å². The highest BCUT2D eigenvalue weighted by Crippen LogP contribution is 2.27. The Morgan fingerprint density at radius 2 is 1.68 bits per heavy atom. The molecule has 0 fully saturated rings. The first-order valence-electron chi connectivity index (χ1n) is 5.41. The second-order valence-electron chi connectivity index (χ2n) is 3.91. The van der Waals surface area contributed by atoms with Gasteiger partial charge in [0.2, 0.25) is 0 Å². The summed E-state index contributed by atoms with van der Waals surface area (Å²) in [5.74, 6) is -0.655. The van der Waals surface area contributed by atoms with Crippen molar-refractivity contribution in [2.24, 2.45) is 0 Å². The van der Waals surface area contributed by atoms with Gasteiger partial charge in [-0.05, 0) is 39.7 Å². The molecule has 0 N–H and O–H groups in total. The predicted octanol–water partition coefficient (Wildman–Crippen LogP) is 5.32. The van der Waals surface area contributed by atoms with Gasteiger partial charge in [0, 0.05) is 6.42 Å². The number of ketones is 1. The van der Waals surface area contributed by atoms with Gasteiger partial charge in [-0.25, -0.2) is 4.39 Å². The maximum absolute atomic E-state index is 13.4. The van der Waals surface area contributed by atoms with Crippen LogP contribution >= 0.6 is 39.1 Å². The summed E-state index contributed by atoms with van der Waals surface area (Å²) < 4.78 is 13.7. The minimum absolute atomic E-state index is 0.0296. The van der Waals surface area contributed by atoms with Crippen molar-refractivity contribution in [3.63, 3.8) is 0 Å². The van der Waals surface area contributed by atoms with Gasteiger partial charge in [0.15, 0.2) is 5.78 Å². The van der Waals surface area contributed by atoms with Crippen LogP contribution in [0.5, 0.6) is 0 Å². The number of hydrogen-bond donors (Lipinski definition) is 0. The molecule has 0 atom stereocenters. The molecule has 0 saturated carbocycles. The van der Waals surface area contributed by atoms with E-state index >= 15 is 0 Å². The third-order valence-electron chi connectivity index (χ3n) is 2.62. The van der Waals surface area contributed by atoms with Crippen LogP contribution in [0.25, 0.3) is 0 Å². The van der Waals surface area contributed by atoms with Crippen LogP contribution < -0.4 is 0 Å². The fraction of sp³-hybridized carbons (Fsp3) is 0.0714. The van der Waals surface area contributed by atoms with Gasteiger partial charge in [0.1, 0.15) is 5.82 Å². The smallest absolute Gasteiger partial charge is 0.170 e. The number of carbonyl (C=O) groups excluding carboxylic acids is 1. The van der Waals surface area contributed by atoms with E-state index in [0.717, 1.165) is 0 Å². The average Bonchev–Trinajstić information content (AvgIpc) is 2.35.